The molecule has 2 rings (SSSR count). The molecule has 0 spiro atoms. The molecule has 0 radical (unpaired) electrons. The molecule has 0 unspecified atom stereocenters. The average molecular weight is 184 g/mol. The van der Waals surface area contributed by atoms with Crippen LogP contribution in [0.2, 0.25) is 0 Å². The van der Waals surface area contributed by atoms with Gasteiger partial charge in [0.1, 0.15) is 0 Å². The van der Waals surface area contributed by atoms with Crippen LogP contribution in [0.25, 0.3) is 0 Å². The number of Topliss-reactive ketones (excluding diaryl/α,β-unsaturated/α-hetero) is 1. The van der Waals surface area contributed by atoms with Crippen molar-refractivity contribution in [2.45, 2.75) is 19.3 Å². The molecule has 70 valence electrons. The van der Waals surface area contributed by atoms with Crippen LogP contribution in [0, 0.1) is 17.8 Å². The second kappa shape index (κ2) is 4.11. The summed E-state index contributed by atoms with van der Waals surface area (Å²) in [5.74, 6) is 5.95. The molecular weight excluding hydrogens is 172 g/mol. The van der Waals surface area contributed by atoms with Crippen molar-refractivity contribution >= 4 is 5.78 Å². The monoisotopic (exact) mass is 184 g/mol. The van der Waals surface area contributed by atoms with Crippen LogP contribution in [0.5, 0.6) is 0 Å². The second-order valence-corrected chi connectivity index (χ2v) is 3.61. The highest BCUT2D eigenvalue weighted by molar-refractivity contribution is 5.98. The Morgan fingerprint density at radius 2 is 1.93 bits per heavy atom. The number of hydrogen-bond donors (Lipinski definition) is 0. The van der Waals surface area contributed by atoms with E-state index in [-0.39, 0.29) is 11.7 Å². The summed E-state index contributed by atoms with van der Waals surface area (Å²) in [6.45, 7) is 0. The first-order valence-corrected chi connectivity index (χ1v) is 4.97. The fraction of sp³-hybridized carbons (Fsp3) is 0.308. The number of carbonyl (C=O) groups excluding carboxylic acids is 1. The molecule has 0 aromatic heterocycles. The largest absolute Gasteiger partial charge is 0.285 e. The summed E-state index contributed by atoms with van der Waals surface area (Å²) >= 11 is 0. The minimum absolute atomic E-state index is 0.111. The highest BCUT2D eigenvalue weighted by Gasteiger charge is 2.23. The van der Waals surface area contributed by atoms with Crippen molar-refractivity contribution in [2.24, 2.45) is 5.92 Å². The third-order valence-electron chi connectivity index (χ3n) is 2.58. The molecule has 1 heteroatoms. The van der Waals surface area contributed by atoms with Crippen molar-refractivity contribution in [3.8, 4) is 11.8 Å². The van der Waals surface area contributed by atoms with Gasteiger partial charge in [0.05, 0.1) is 0 Å². The van der Waals surface area contributed by atoms with Gasteiger partial charge in [-0.05, 0) is 30.9 Å². The van der Waals surface area contributed by atoms with Crippen LogP contribution in [0.15, 0.2) is 30.3 Å². The van der Waals surface area contributed by atoms with E-state index in [1.54, 1.807) is 0 Å². The first-order chi connectivity index (χ1) is 6.86. The zero-order valence-electron chi connectivity index (χ0n) is 7.99. The fourth-order valence-corrected chi connectivity index (χ4v) is 1.43. The van der Waals surface area contributed by atoms with Crippen LogP contribution < -0.4 is 0 Å². The fourth-order valence-electron chi connectivity index (χ4n) is 1.43. The van der Waals surface area contributed by atoms with E-state index in [4.69, 9.17) is 0 Å². The Morgan fingerprint density at radius 1 is 1.21 bits per heavy atom. The molecule has 14 heavy (non-hydrogen) atoms. The van der Waals surface area contributed by atoms with E-state index in [0.717, 1.165) is 18.4 Å². The summed E-state index contributed by atoms with van der Waals surface area (Å²) in [4.78, 5) is 11.4. The molecule has 0 aliphatic heterocycles. The van der Waals surface area contributed by atoms with Crippen LogP contribution in [-0.2, 0) is 4.79 Å². The molecule has 1 nitrogen and oxygen atoms in total. The summed E-state index contributed by atoms with van der Waals surface area (Å²) in [6, 6.07) is 9.64. The van der Waals surface area contributed by atoms with Gasteiger partial charge in [0.2, 0.25) is 5.78 Å². The maximum Gasteiger partial charge on any atom is 0.208 e. The van der Waals surface area contributed by atoms with Gasteiger partial charge in [-0.3, -0.25) is 4.79 Å². The van der Waals surface area contributed by atoms with Crippen LogP contribution in [0.4, 0.5) is 0 Å². The third-order valence-corrected chi connectivity index (χ3v) is 2.58. The van der Waals surface area contributed by atoms with Gasteiger partial charge in [0.15, 0.2) is 0 Å². The lowest BCUT2D eigenvalue weighted by molar-refractivity contribution is -0.119. The molecular formula is C13H12O. The Bertz CT molecular complexity index is 377. The van der Waals surface area contributed by atoms with Gasteiger partial charge >= 0.3 is 0 Å². The number of hydrogen-bond acceptors (Lipinski definition) is 1. The maximum absolute atomic E-state index is 11.4. The van der Waals surface area contributed by atoms with Crippen molar-refractivity contribution in [3.63, 3.8) is 0 Å². The van der Waals surface area contributed by atoms with E-state index >= 15 is 0 Å². The molecule has 0 heterocycles. The summed E-state index contributed by atoms with van der Waals surface area (Å²) in [5.41, 5.74) is 0.917. The standard InChI is InChI=1S/C13H12O/c14-13(12-7-4-8-12)10-9-11-5-2-1-3-6-11/h1-3,5-6,12H,4,7-8H2. The SMILES string of the molecule is O=C(C#Cc1ccccc1)C1CCC1. The Balaban J connectivity index is 2.02. The Labute approximate surface area is 84.1 Å². The van der Waals surface area contributed by atoms with E-state index in [1.165, 1.54) is 6.42 Å². The summed E-state index contributed by atoms with van der Waals surface area (Å²) in [6.07, 6.45) is 3.24. The Morgan fingerprint density at radius 3 is 2.50 bits per heavy atom. The third kappa shape index (κ3) is 2.03. The molecule has 0 amide bonds. The van der Waals surface area contributed by atoms with Crippen molar-refractivity contribution in [3.05, 3.63) is 35.9 Å². The average Bonchev–Trinajstić information content (AvgIpc) is 2.14. The van der Waals surface area contributed by atoms with E-state index in [1.807, 2.05) is 30.3 Å². The predicted molar refractivity (Wildman–Crippen MR) is 55.7 cm³/mol. The predicted octanol–water partition coefficient (Wildman–Crippen LogP) is 2.41. The van der Waals surface area contributed by atoms with Crippen LogP contribution in [0.3, 0.4) is 0 Å². The molecule has 0 bridgehead atoms. The number of benzene rings is 1. The van der Waals surface area contributed by atoms with Gasteiger partial charge in [-0.1, -0.05) is 30.5 Å². The first kappa shape index (κ1) is 9.02. The topological polar surface area (TPSA) is 17.1 Å². The van der Waals surface area contributed by atoms with Gasteiger partial charge in [-0.15, -0.1) is 0 Å². The minimum atomic E-state index is 0.111. The highest BCUT2D eigenvalue weighted by atomic mass is 16.1. The first-order valence-electron chi connectivity index (χ1n) is 4.97. The smallest absolute Gasteiger partial charge is 0.208 e. The summed E-state index contributed by atoms with van der Waals surface area (Å²) in [5, 5.41) is 0. The van der Waals surface area contributed by atoms with Gasteiger partial charge in [-0.2, -0.15) is 0 Å². The number of carbonyl (C=O) groups is 1. The maximum atomic E-state index is 11.4. The molecule has 1 fully saturated rings. The number of ketones is 1. The molecule has 1 aromatic carbocycles. The molecule has 0 atom stereocenters. The van der Waals surface area contributed by atoms with E-state index in [0.29, 0.717) is 0 Å². The molecule has 0 N–H and O–H groups in total. The van der Waals surface area contributed by atoms with Crippen LogP contribution in [0.1, 0.15) is 24.8 Å². The zero-order valence-corrected chi connectivity index (χ0v) is 7.99. The van der Waals surface area contributed by atoms with Gasteiger partial charge in [-0.25, -0.2) is 0 Å². The van der Waals surface area contributed by atoms with E-state index < -0.39 is 0 Å². The minimum Gasteiger partial charge on any atom is -0.285 e. The highest BCUT2D eigenvalue weighted by Crippen LogP contribution is 2.26. The second-order valence-electron chi connectivity index (χ2n) is 3.61. The normalized spacial score (nSPS) is 15.1. The molecule has 0 saturated heterocycles. The molecule has 1 aliphatic rings. The van der Waals surface area contributed by atoms with Gasteiger partial charge < -0.3 is 0 Å². The Kier molecular flexibility index (Phi) is 2.65. The van der Waals surface area contributed by atoms with Crippen molar-refractivity contribution < 1.29 is 4.79 Å². The summed E-state index contributed by atoms with van der Waals surface area (Å²) < 4.78 is 0. The van der Waals surface area contributed by atoms with E-state index in [2.05, 4.69) is 11.8 Å². The Hall–Kier alpha value is -1.55. The lowest BCUT2D eigenvalue weighted by Crippen LogP contribution is -2.20. The van der Waals surface area contributed by atoms with Crippen LogP contribution in [-0.4, -0.2) is 5.78 Å². The van der Waals surface area contributed by atoms with Crippen molar-refractivity contribution in [1.29, 1.82) is 0 Å². The zero-order chi connectivity index (χ0) is 9.80. The molecule has 1 aromatic rings. The van der Waals surface area contributed by atoms with Crippen molar-refractivity contribution in [2.75, 3.05) is 0 Å². The van der Waals surface area contributed by atoms with Gasteiger partial charge in [0, 0.05) is 11.5 Å². The quantitative estimate of drug-likeness (QED) is 0.612. The summed E-state index contributed by atoms with van der Waals surface area (Å²) in [7, 11) is 0. The number of rotatable bonds is 1. The van der Waals surface area contributed by atoms with Crippen molar-refractivity contribution in [1.82, 2.24) is 0 Å². The van der Waals surface area contributed by atoms with Crippen LogP contribution >= 0.6 is 0 Å². The lowest BCUT2D eigenvalue weighted by atomic mass is 9.82. The molecule has 1 aliphatic carbocycles. The molecule has 1 saturated carbocycles. The van der Waals surface area contributed by atoms with E-state index in [9.17, 15) is 4.79 Å². The van der Waals surface area contributed by atoms with Gasteiger partial charge in [0.25, 0.3) is 0 Å². The lowest BCUT2D eigenvalue weighted by Gasteiger charge is -2.20.